The first-order valence-electron chi connectivity index (χ1n) is 12.5. The highest BCUT2D eigenvalue weighted by Crippen LogP contribution is 2.50. The summed E-state index contributed by atoms with van der Waals surface area (Å²) < 4.78 is 31.1. The lowest BCUT2D eigenvalue weighted by Crippen LogP contribution is -2.52. The third kappa shape index (κ3) is 6.47. The van der Waals surface area contributed by atoms with Crippen LogP contribution in [0.2, 0.25) is 10.0 Å². The molecule has 1 fully saturated rings. The molecule has 1 heterocycles. The zero-order chi connectivity index (χ0) is 28.3. The topological polar surface area (TPSA) is 128 Å². The molecule has 1 amide bonds. The molecule has 0 saturated carbocycles. The maximum Gasteiger partial charge on any atom is 0.237 e. The van der Waals surface area contributed by atoms with Crippen LogP contribution in [0.4, 0.5) is 8.78 Å². The molecule has 210 valence electrons. The number of aliphatic hydroxyl groups is 3. The van der Waals surface area contributed by atoms with Crippen LogP contribution >= 0.6 is 23.2 Å². The largest absolute Gasteiger partial charge is 0.396 e. The quantitative estimate of drug-likeness (QED) is 0.245. The van der Waals surface area contributed by atoms with Gasteiger partial charge in [0, 0.05) is 35.7 Å². The molecule has 5 unspecified atom stereocenters. The summed E-state index contributed by atoms with van der Waals surface area (Å²) in [6.45, 7) is 3.33. The number of benzene rings is 2. The van der Waals surface area contributed by atoms with E-state index in [1.54, 1.807) is 0 Å². The summed E-state index contributed by atoms with van der Waals surface area (Å²) in [6.07, 6.45) is -0.191. The lowest BCUT2D eigenvalue weighted by atomic mass is 9.67. The second-order valence-electron chi connectivity index (χ2n) is 10.6. The molecule has 5 atom stereocenters. The Labute approximate surface area is 231 Å². The Kier molecular flexibility index (Phi) is 10.1. The predicted octanol–water partition coefficient (Wildman–Crippen LogP) is 3.21. The zero-order valence-electron chi connectivity index (χ0n) is 21.4. The summed E-state index contributed by atoms with van der Waals surface area (Å²) in [5.74, 6) is -3.11. The fourth-order valence-corrected chi connectivity index (χ4v) is 5.65. The van der Waals surface area contributed by atoms with Gasteiger partial charge in [-0.05, 0) is 48.4 Å². The van der Waals surface area contributed by atoms with E-state index in [0.29, 0.717) is 12.8 Å². The Morgan fingerprint density at radius 2 is 1.95 bits per heavy atom. The van der Waals surface area contributed by atoms with E-state index in [1.807, 2.05) is 13.8 Å². The van der Waals surface area contributed by atoms with Crippen LogP contribution in [0.1, 0.15) is 50.2 Å². The number of rotatable bonds is 11. The van der Waals surface area contributed by atoms with E-state index in [4.69, 9.17) is 34.0 Å². The zero-order valence-corrected chi connectivity index (χ0v) is 22.9. The second kappa shape index (κ2) is 12.6. The number of hydrogen-bond acceptors (Lipinski definition) is 6. The van der Waals surface area contributed by atoms with E-state index in [0.717, 1.165) is 6.07 Å². The number of halogens is 4. The van der Waals surface area contributed by atoms with Gasteiger partial charge in [-0.2, -0.15) is 0 Å². The van der Waals surface area contributed by atoms with Crippen LogP contribution in [0.3, 0.4) is 0 Å². The van der Waals surface area contributed by atoms with E-state index in [-0.39, 0.29) is 40.7 Å². The Balaban J connectivity index is 2.18. The second-order valence-corrected chi connectivity index (χ2v) is 11.5. The van der Waals surface area contributed by atoms with Crippen molar-refractivity contribution in [3.05, 3.63) is 69.2 Å². The third-order valence-corrected chi connectivity index (χ3v) is 7.86. The Bertz CT molecular complexity index is 1140. The molecule has 3 rings (SSSR count). The molecule has 1 aliphatic rings. The first kappa shape index (κ1) is 30.7. The summed E-state index contributed by atoms with van der Waals surface area (Å²) in [5, 5.41) is 34.3. The summed E-state index contributed by atoms with van der Waals surface area (Å²) in [7, 11) is 0. The molecule has 0 radical (unpaired) electrons. The summed E-state index contributed by atoms with van der Waals surface area (Å²) in [5.41, 5.74) is 5.10. The van der Waals surface area contributed by atoms with Gasteiger partial charge in [-0.3, -0.25) is 4.79 Å². The van der Waals surface area contributed by atoms with Crippen LogP contribution in [-0.2, 0) is 10.3 Å². The van der Waals surface area contributed by atoms with Crippen molar-refractivity contribution >= 4 is 29.1 Å². The fraction of sp³-hybridized carbons (Fsp3) is 0.519. The molecular weight excluding hydrogens is 539 g/mol. The molecule has 0 bridgehead atoms. The molecule has 2 aromatic carbocycles. The van der Waals surface area contributed by atoms with Gasteiger partial charge in [-0.15, -0.1) is 0 Å². The van der Waals surface area contributed by atoms with Crippen LogP contribution in [0.5, 0.6) is 0 Å². The van der Waals surface area contributed by atoms with Crippen molar-refractivity contribution in [1.82, 2.24) is 10.6 Å². The van der Waals surface area contributed by atoms with Crippen molar-refractivity contribution in [1.29, 1.82) is 0 Å². The van der Waals surface area contributed by atoms with Gasteiger partial charge in [0.05, 0.1) is 29.3 Å². The van der Waals surface area contributed by atoms with E-state index >= 15 is 8.78 Å². The van der Waals surface area contributed by atoms with Crippen molar-refractivity contribution in [2.45, 2.75) is 62.8 Å². The first-order chi connectivity index (χ1) is 17.9. The molecule has 0 spiro atoms. The molecule has 7 N–H and O–H groups in total. The molecule has 0 aromatic heterocycles. The molecule has 2 aromatic rings. The minimum atomic E-state index is -1.64. The molecule has 11 heteroatoms. The molecular formula is C27H35Cl2F2N3O4. The van der Waals surface area contributed by atoms with Crippen LogP contribution < -0.4 is 16.4 Å². The third-order valence-electron chi connectivity index (χ3n) is 7.33. The van der Waals surface area contributed by atoms with Crippen LogP contribution in [0, 0.1) is 17.0 Å². The van der Waals surface area contributed by atoms with Gasteiger partial charge in [-0.25, -0.2) is 8.78 Å². The smallest absolute Gasteiger partial charge is 0.237 e. The van der Waals surface area contributed by atoms with E-state index in [1.165, 1.54) is 30.3 Å². The average molecular weight is 574 g/mol. The van der Waals surface area contributed by atoms with E-state index in [9.17, 15) is 15.0 Å². The van der Waals surface area contributed by atoms with Crippen molar-refractivity contribution in [3.8, 4) is 0 Å². The van der Waals surface area contributed by atoms with Gasteiger partial charge in [0.25, 0.3) is 0 Å². The number of nitrogens with one attached hydrogen (secondary N) is 2. The van der Waals surface area contributed by atoms with Crippen molar-refractivity contribution in [2.75, 3.05) is 19.8 Å². The van der Waals surface area contributed by atoms with Gasteiger partial charge in [0.15, 0.2) is 0 Å². The highest BCUT2D eigenvalue weighted by Gasteiger charge is 2.58. The summed E-state index contributed by atoms with van der Waals surface area (Å²) >= 11 is 12.1. The minimum absolute atomic E-state index is 0.0387. The molecule has 7 nitrogen and oxygen atoms in total. The van der Waals surface area contributed by atoms with Gasteiger partial charge >= 0.3 is 0 Å². The van der Waals surface area contributed by atoms with Crippen molar-refractivity contribution in [2.24, 2.45) is 11.1 Å². The maximum atomic E-state index is 15.5. The number of amides is 1. The van der Waals surface area contributed by atoms with E-state index < -0.39 is 59.2 Å². The number of carbonyl (C=O) groups is 1. The van der Waals surface area contributed by atoms with Gasteiger partial charge in [0.1, 0.15) is 11.6 Å². The predicted molar refractivity (Wildman–Crippen MR) is 143 cm³/mol. The molecule has 38 heavy (non-hydrogen) atoms. The Morgan fingerprint density at radius 1 is 1.24 bits per heavy atom. The molecule has 1 saturated heterocycles. The summed E-state index contributed by atoms with van der Waals surface area (Å²) in [4.78, 5) is 13.5. The number of hydrogen-bond donors (Lipinski definition) is 6. The van der Waals surface area contributed by atoms with Gasteiger partial charge < -0.3 is 31.7 Å². The van der Waals surface area contributed by atoms with E-state index in [2.05, 4.69) is 10.6 Å². The SMILES string of the molecule is CC(C)(CCO)CC1NC(C(=O)NCCC(O)CO)C(c2cccc(Cl)c2F)C1(N)c1ccc(Cl)cc1F. The highest BCUT2D eigenvalue weighted by molar-refractivity contribution is 6.31. The minimum Gasteiger partial charge on any atom is -0.396 e. The van der Waals surface area contributed by atoms with Crippen molar-refractivity contribution < 1.29 is 28.9 Å². The first-order valence-corrected chi connectivity index (χ1v) is 13.2. The van der Waals surface area contributed by atoms with Crippen LogP contribution in [0.15, 0.2) is 36.4 Å². The number of aliphatic hydroxyl groups excluding tert-OH is 3. The summed E-state index contributed by atoms with van der Waals surface area (Å²) in [6, 6.07) is 6.59. The monoisotopic (exact) mass is 573 g/mol. The van der Waals surface area contributed by atoms with Crippen LogP contribution in [0.25, 0.3) is 0 Å². The maximum absolute atomic E-state index is 15.5. The Morgan fingerprint density at radius 3 is 2.58 bits per heavy atom. The van der Waals surface area contributed by atoms with Gasteiger partial charge in [-0.1, -0.05) is 55.2 Å². The number of nitrogens with two attached hydrogens (primary N) is 1. The van der Waals surface area contributed by atoms with Crippen LogP contribution in [-0.4, -0.2) is 59.2 Å². The highest BCUT2D eigenvalue weighted by atomic mass is 35.5. The normalized spacial score (nSPS) is 24.4. The standard InChI is InChI=1S/C27H35Cl2F2N3O4/c1-26(2,9-11-35)13-21-27(32,18-7-6-15(28)12-20(18)30)22(17-4-3-5-19(29)23(17)31)24(34-21)25(38)33-10-8-16(37)14-36/h3-7,12,16,21-22,24,34-37H,8-11,13-14,32H2,1-2H3,(H,33,38). The molecule has 0 aliphatic carbocycles. The fourth-order valence-electron chi connectivity index (χ4n) is 5.31. The number of carbonyl (C=O) groups excluding carboxylic acids is 1. The lowest BCUT2D eigenvalue weighted by molar-refractivity contribution is -0.123. The van der Waals surface area contributed by atoms with Gasteiger partial charge in [0.2, 0.25) is 5.91 Å². The molecule has 1 aliphatic heterocycles. The van der Waals surface area contributed by atoms with Crippen molar-refractivity contribution in [3.63, 3.8) is 0 Å². The average Bonchev–Trinajstić information content (AvgIpc) is 3.12. The lowest BCUT2D eigenvalue weighted by Gasteiger charge is -2.40. The Hall–Kier alpha value is -1.85.